The molecule has 0 unspecified atom stereocenters. The monoisotopic (exact) mass is 211 g/mol. The Kier molecular flexibility index (Phi) is 3.79. The molecule has 1 N–H and O–H groups in total. The van der Waals surface area contributed by atoms with Crippen molar-refractivity contribution in [2.24, 2.45) is 18.4 Å². The van der Waals surface area contributed by atoms with Crippen molar-refractivity contribution in [3.8, 4) is 0 Å². The van der Waals surface area contributed by atoms with Gasteiger partial charge in [-0.05, 0) is 16.5 Å². The molecule has 15 heavy (non-hydrogen) atoms. The van der Waals surface area contributed by atoms with Crippen LogP contribution in [0.2, 0.25) is 0 Å². The zero-order chi connectivity index (χ0) is 11.5. The molecule has 1 heterocycles. The molecule has 5 heteroatoms. The molecular formula is C10H21N5. The van der Waals surface area contributed by atoms with Crippen LogP contribution in [0.25, 0.3) is 0 Å². The zero-order valence-corrected chi connectivity index (χ0v) is 10.3. The quantitative estimate of drug-likeness (QED) is 0.789. The van der Waals surface area contributed by atoms with E-state index >= 15 is 0 Å². The third kappa shape index (κ3) is 3.58. The third-order valence-electron chi connectivity index (χ3n) is 2.98. The van der Waals surface area contributed by atoms with Crippen LogP contribution in [-0.4, -0.2) is 26.8 Å². The van der Waals surface area contributed by atoms with Gasteiger partial charge in [-0.1, -0.05) is 27.7 Å². The van der Waals surface area contributed by atoms with Crippen molar-refractivity contribution in [2.75, 3.05) is 6.54 Å². The normalized spacial score (nSPS) is 12.4. The van der Waals surface area contributed by atoms with Gasteiger partial charge in [0.05, 0.1) is 13.6 Å². The van der Waals surface area contributed by atoms with Crippen molar-refractivity contribution in [3.05, 3.63) is 5.82 Å². The van der Waals surface area contributed by atoms with E-state index < -0.39 is 0 Å². The predicted molar refractivity (Wildman–Crippen MR) is 59.1 cm³/mol. The largest absolute Gasteiger partial charge is 0.309 e. The molecule has 0 fully saturated rings. The second-order valence-electron chi connectivity index (χ2n) is 4.94. The lowest BCUT2D eigenvalue weighted by atomic mass is 9.81. The maximum absolute atomic E-state index is 4.11. The van der Waals surface area contributed by atoms with E-state index in [0.29, 0.717) is 17.9 Å². The summed E-state index contributed by atoms with van der Waals surface area (Å²) in [6.07, 6.45) is 0. The Labute approximate surface area is 91.2 Å². The molecule has 1 aromatic rings. The van der Waals surface area contributed by atoms with E-state index in [1.165, 1.54) is 4.80 Å². The van der Waals surface area contributed by atoms with Gasteiger partial charge in [-0.3, -0.25) is 0 Å². The summed E-state index contributed by atoms with van der Waals surface area (Å²) in [4.78, 5) is 1.48. The molecular weight excluding hydrogens is 190 g/mol. The summed E-state index contributed by atoms with van der Waals surface area (Å²) in [6.45, 7) is 10.6. The van der Waals surface area contributed by atoms with Crippen molar-refractivity contribution in [2.45, 2.75) is 34.2 Å². The average Bonchev–Trinajstić information content (AvgIpc) is 2.51. The van der Waals surface area contributed by atoms with E-state index in [2.05, 4.69) is 48.4 Å². The molecule has 0 atom stereocenters. The summed E-state index contributed by atoms with van der Waals surface area (Å²) < 4.78 is 0. The smallest absolute Gasteiger partial charge is 0.188 e. The Hall–Kier alpha value is -0.970. The molecule has 0 saturated heterocycles. The zero-order valence-electron chi connectivity index (χ0n) is 10.3. The Morgan fingerprint density at radius 2 is 2.07 bits per heavy atom. The van der Waals surface area contributed by atoms with Gasteiger partial charge in [0, 0.05) is 6.54 Å². The lowest BCUT2D eigenvalue weighted by Gasteiger charge is -2.29. The molecule has 0 radical (unpaired) electrons. The summed E-state index contributed by atoms with van der Waals surface area (Å²) in [5, 5.41) is 15.2. The first-order valence-corrected chi connectivity index (χ1v) is 5.35. The highest BCUT2D eigenvalue weighted by Gasteiger charge is 2.21. The van der Waals surface area contributed by atoms with Gasteiger partial charge in [-0.15, -0.1) is 10.2 Å². The van der Waals surface area contributed by atoms with E-state index in [9.17, 15) is 0 Å². The van der Waals surface area contributed by atoms with E-state index in [4.69, 9.17) is 0 Å². The summed E-state index contributed by atoms with van der Waals surface area (Å²) >= 11 is 0. The molecule has 0 aliphatic carbocycles. The number of nitrogens with one attached hydrogen (secondary N) is 1. The van der Waals surface area contributed by atoms with Crippen LogP contribution in [-0.2, 0) is 13.6 Å². The fraction of sp³-hybridized carbons (Fsp3) is 0.900. The maximum Gasteiger partial charge on any atom is 0.188 e. The molecule has 0 saturated carbocycles. The van der Waals surface area contributed by atoms with Gasteiger partial charge in [0.15, 0.2) is 5.82 Å². The second-order valence-corrected chi connectivity index (χ2v) is 4.94. The Balaban J connectivity index is 2.33. The minimum atomic E-state index is 0.294. The van der Waals surface area contributed by atoms with E-state index in [0.717, 1.165) is 12.4 Å². The fourth-order valence-corrected chi connectivity index (χ4v) is 1.09. The third-order valence-corrected chi connectivity index (χ3v) is 2.98. The van der Waals surface area contributed by atoms with Gasteiger partial charge < -0.3 is 5.32 Å². The molecule has 1 aromatic heterocycles. The van der Waals surface area contributed by atoms with Crippen molar-refractivity contribution >= 4 is 0 Å². The van der Waals surface area contributed by atoms with Crippen LogP contribution in [0.15, 0.2) is 0 Å². The Morgan fingerprint density at radius 1 is 1.40 bits per heavy atom. The molecule has 1 rings (SSSR count). The molecule has 0 amide bonds. The first kappa shape index (κ1) is 12.1. The van der Waals surface area contributed by atoms with Crippen molar-refractivity contribution < 1.29 is 0 Å². The molecule has 0 aromatic carbocycles. The van der Waals surface area contributed by atoms with Crippen LogP contribution in [0.5, 0.6) is 0 Å². The molecule has 0 aliphatic heterocycles. The van der Waals surface area contributed by atoms with Gasteiger partial charge in [0.1, 0.15) is 0 Å². The number of hydrogen-bond donors (Lipinski definition) is 1. The SMILES string of the molecule is CC(C)C(C)(C)CNCc1nnn(C)n1. The maximum atomic E-state index is 4.11. The number of aryl methyl sites for hydroxylation is 1. The highest BCUT2D eigenvalue weighted by Crippen LogP contribution is 2.24. The highest BCUT2D eigenvalue weighted by atomic mass is 15.6. The Morgan fingerprint density at radius 3 is 2.53 bits per heavy atom. The topological polar surface area (TPSA) is 55.6 Å². The number of nitrogens with zero attached hydrogens (tertiary/aromatic N) is 4. The van der Waals surface area contributed by atoms with Crippen LogP contribution in [0, 0.1) is 11.3 Å². The summed E-state index contributed by atoms with van der Waals surface area (Å²) in [7, 11) is 1.77. The van der Waals surface area contributed by atoms with Gasteiger partial charge in [-0.25, -0.2) is 0 Å². The number of rotatable bonds is 5. The highest BCUT2D eigenvalue weighted by molar-refractivity contribution is 4.79. The van der Waals surface area contributed by atoms with Crippen LogP contribution in [0.1, 0.15) is 33.5 Å². The minimum Gasteiger partial charge on any atom is -0.309 e. The standard InChI is InChI=1S/C10H21N5/c1-8(2)10(3,4)7-11-6-9-12-14-15(5)13-9/h8,11H,6-7H2,1-5H3. The van der Waals surface area contributed by atoms with Crippen molar-refractivity contribution in [1.82, 2.24) is 25.5 Å². The fourth-order valence-electron chi connectivity index (χ4n) is 1.09. The van der Waals surface area contributed by atoms with Crippen LogP contribution < -0.4 is 5.32 Å². The summed E-state index contributed by atoms with van der Waals surface area (Å²) in [5.41, 5.74) is 0.294. The van der Waals surface area contributed by atoms with Gasteiger partial charge in [0.25, 0.3) is 0 Å². The van der Waals surface area contributed by atoms with Crippen LogP contribution >= 0.6 is 0 Å². The molecule has 86 valence electrons. The lowest BCUT2D eigenvalue weighted by molar-refractivity contribution is 0.237. The van der Waals surface area contributed by atoms with E-state index in [-0.39, 0.29) is 0 Å². The Bertz CT molecular complexity index is 303. The van der Waals surface area contributed by atoms with E-state index in [1.54, 1.807) is 7.05 Å². The molecule has 5 nitrogen and oxygen atoms in total. The molecule has 0 bridgehead atoms. The van der Waals surface area contributed by atoms with Gasteiger partial charge in [-0.2, -0.15) is 4.80 Å². The number of aromatic nitrogens is 4. The van der Waals surface area contributed by atoms with Gasteiger partial charge >= 0.3 is 0 Å². The minimum absolute atomic E-state index is 0.294. The van der Waals surface area contributed by atoms with Gasteiger partial charge in [0.2, 0.25) is 0 Å². The summed E-state index contributed by atoms with van der Waals surface area (Å²) in [5.74, 6) is 1.40. The average molecular weight is 211 g/mol. The molecule has 0 spiro atoms. The first-order valence-electron chi connectivity index (χ1n) is 5.35. The predicted octanol–water partition coefficient (Wildman–Crippen LogP) is 0.982. The van der Waals surface area contributed by atoms with Crippen molar-refractivity contribution in [3.63, 3.8) is 0 Å². The number of hydrogen-bond acceptors (Lipinski definition) is 4. The van der Waals surface area contributed by atoms with Crippen LogP contribution in [0.3, 0.4) is 0 Å². The molecule has 0 aliphatic rings. The number of tetrazole rings is 1. The second kappa shape index (κ2) is 4.70. The van der Waals surface area contributed by atoms with E-state index in [1.807, 2.05) is 0 Å². The summed E-state index contributed by atoms with van der Waals surface area (Å²) in [6, 6.07) is 0. The lowest BCUT2D eigenvalue weighted by Crippen LogP contribution is -2.33. The van der Waals surface area contributed by atoms with Crippen LogP contribution in [0.4, 0.5) is 0 Å². The first-order chi connectivity index (χ1) is 6.92. The van der Waals surface area contributed by atoms with Crippen molar-refractivity contribution in [1.29, 1.82) is 0 Å².